The average molecular weight is 274 g/mol. The molecule has 0 heterocycles. The summed E-state index contributed by atoms with van der Waals surface area (Å²) in [5.41, 5.74) is 4.16. The van der Waals surface area contributed by atoms with Gasteiger partial charge in [-0.25, -0.2) is 0 Å². The number of allylic oxidation sites excluding steroid dienone is 4. The van der Waals surface area contributed by atoms with Crippen LogP contribution in [0.15, 0.2) is 23.3 Å². The second-order valence-electron chi connectivity index (χ2n) is 9.04. The fourth-order valence-corrected chi connectivity index (χ4v) is 3.91. The molecule has 0 N–H and O–H groups in total. The molecule has 2 atom stereocenters. The lowest BCUT2D eigenvalue weighted by molar-refractivity contribution is 0.246. The monoisotopic (exact) mass is 274 g/mol. The summed E-state index contributed by atoms with van der Waals surface area (Å²) in [5, 5.41) is 0. The summed E-state index contributed by atoms with van der Waals surface area (Å²) < 4.78 is 0. The largest absolute Gasteiger partial charge is 0.0848 e. The Labute approximate surface area is 126 Å². The van der Waals surface area contributed by atoms with Crippen molar-refractivity contribution in [3.05, 3.63) is 23.3 Å². The zero-order chi connectivity index (χ0) is 15.0. The molecule has 0 aromatic rings. The first-order valence-electron chi connectivity index (χ1n) is 8.57. The van der Waals surface area contributed by atoms with Crippen LogP contribution in [0.2, 0.25) is 0 Å². The van der Waals surface area contributed by atoms with E-state index in [0.717, 1.165) is 11.8 Å². The van der Waals surface area contributed by atoms with Gasteiger partial charge in [-0.2, -0.15) is 0 Å². The van der Waals surface area contributed by atoms with Crippen LogP contribution >= 0.6 is 0 Å². The van der Waals surface area contributed by atoms with Crippen LogP contribution in [0.4, 0.5) is 0 Å². The quantitative estimate of drug-likeness (QED) is 0.477. The van der Waals surface area contributed by atoms with Crippen molar-refractivity contribution in [1.82, 2.24) is 0 Å². The Kier molecular flexibility index (Phi) is 4.52. The van der Waals surface area contributed by atoms with Crippen molar-refractivity contribution in [2.75, 3.05) is 0 Å². The molecule has 2 unspecified atom stereocenters. The lowest BCUT2D eigenvalue weighted by Gasteiger charge is -2.39. The summed E-state index contributed by atoms with van der Waals surface area (Å²) in [4.78, 5) is 0. The van der Waals surface area contributed by atoms with Gasteiger partial charge in [-0.3, -0.25) is 0 Å². The normalized spacial score (nSPS) is 28.9. The van der Waals surface area contributed by atoms with Crippen molar-refractivity contribution in [2.24, 2.45) is 22.7 Å². The summed E-state index contributed by atoms with van der Waals surface area (Å²) in [6.45, 7) is 14.3. The third kappa shape index (κ3) is 3.77. The van der Waals surface area contributed by atoms with Gasteiger partial charge in [-0.05, 0) is 61.2 Å². The molecule has 0 aromatic heterocycles. The van der Waals surface area contributed by atoms with E-state index in [2.05, 4.69) is 53.7 Å². The molecule has 2 aliphatic carbocycles. The van der Waals surface area contributed by atoms with E-state index < -0.39 is 0 Å². The Morgan fingerprint density at radius 2 is 1.05 bits per heavy atom. The van der Waals surface area contributed by atoms with Gasteiger partial charge in [0.2, 0.25) is 0 Å². The second-order valence-corrected chi connectivity index (χ2v) is 9.04. The van der Waals surface area contributed by atoms with Gasteiger partial charge in [0.25, 0.3) is 0 Å². The predicted octanol–water partition coefficient (Wildman–Crippen LogP) is 6.53. The summed E-state index contributed by atoms with van der Waals surface area (Å²) in [6.07, 6.45) is 13.2. The van der Waals surface area contributed by atoms with Crippen LogP contribution in [0.5, 0.6) is 0 Å². The van der Waals surface area contributed by atoms with E-state index in [-0.39, 0.29) is 0 Å². The number of rotatable bonds is 1. The Bertz CT molecular complexity index is 355. The summed E-state index contributed by atoms with van der Waals surface area (Å²) in [5.74, 6) is 1.86. The Hall–Kier alpha value is -0.520. The molecule has 0 spiro atoms. The minimum Gasteiger partial charge on any atom is -0.0848 e. The molecule has 0 bridgehead atoms. The molecular weight excluding hydrogens is 240 g/mol. The van der Waals surface area contributed by atoms with Crippen LogP contribution in [0.1, 0.15) is 80.1 Å². The van der Waals surface area contributed by atoms with E-state index in [1.54, 1.807) is 11.1 Å². The van der Waals surface area contributed by atoms with E-state index in [9.17, 15) is 0 Å². The van der Waals surface area contributed by atoms with E-state index in [1.807, 2.05) is 0 Å². The molecule has 0 aliphatic heterocycles. The molecular formula is C20H34. The standard InChI is InChI=1S/C20H34/c1-19(2,3)17-11-7-9-15(13-17)16-10-8-12-18(14-16)20(4,5)6/h11-12,15-16H,7-10,13-14H2,1-6H3. The van der Waals surface area contributed by atoms with Gasteiger partial charge in [0.05, 0.1) is 0 Å². The molecule has 2 aliphatic rings. The van der Waals surface area contributed by atoms with Gasteiger partial charge < -0.3 is 0 Å². The van der Waals surface area contributed by atoms with Gasteiger partial charge >= 0.3 is 0 Å². The number of hydrogen-bond acceptors (Lipinski definition) is 0. The lowest BCUT2D eigenvalue weighted by Crippen LogP contribution is -2.26. The molecule has 0 saturated carbocycles. The van der Waals surface area contributed by atoms with E-state index >= 15 is 0 Å². The topological polar surface area (TPSA) is 0 Å². The first-order valence-corrected chi connectivity index (χ1v) is 8.57. The minimum absolute atomic E-state index is 0.371. The van der Waals surface area contributed by atoms with Crippen LogP contribution in [-0.4, -0.2) is 0 Å². The molecule has 2 rings (SSSR count). The smallest absolute Gasteiger partial charge is 0.0173 e. The van der Waals surface area contributed by atoms with Crippen LogP contribution in [0.3, 0.4) is 0 Å². The van der Waals surface area contributed by atoms with Crippen molar-refractivity contribution in [3.8, 4) is 0 Å². The zero-order valence-electron chi connectivity index (χ0n) is 14.6. The van der Waals surface area contributed by atoms with Crippen LogP contribution in [0, 0.1) is 22.7 Å². The van der Waals surface area contributed by atoms with Crippen molar-refractivity contribution >= 4 is 0 Å². The molecule has 0 nitrogen and oxygen atoms in total. The highest BCUT2D eigenvalue weighted by molar-refractivity contribution is 5.18. The molecule has 0 aromatic carbocycles. The molecule has 20 heavy (non-hydrogen) atoms. The van der Waals surface area contributed by atoms with Crippen molar-refractivity contribution in [3.63, 3.8) is 0 Å². The maximum Gasteiger partial charge on any atom is -0.0173 e. The fourth-order valence-electron chi connectivity index (χ4n) is 3.91. The average Bonchev–Trinajstić information content (AvgIpc) is 2.37. The maximum atomic E-state index is 2.53. The van der Waals surface area contributed by atoms with Gasteiger partial charge in [0, 0.05) is 0 Å². The first-order chi connectivity index (χ1) is 9.18. The Balaban J connectivity index is 2.04. The fraction of sp³-hybridized carbons (Fsp3) is 0.800. The van der Waals surface area contributed by atoms with Crippen molar-refractivity contribution in [1.29, 1.82) is 0 Å². The molecule has 0 heteroatoms. The Morgan fingerprint density at radius 1 is 0.700 bits per heavy atom. The van der Waals surface area contributed by atoms with Gasteiger partial charge in [-0.15, -0.1) is 0 Å². The third-order valence-electron chi connectivity index (χ3n) is 5.41. The highest BCUT2D eigenvalue weighted by atomic mass is 14.4. The molecule has 0 amide bonds. The van der Waals surface area contributed by atoms with Gasteiger partial charge in [0.1, 0.15) is 0 Å². The third-order valence-corrected chi connectivity index (χ3v) is 5.41. The lowest BCUT2D eigenvalue weighted by atomic mass is 9.67. The van der Waals surface area contributed by atoms with Gasteiger partial charge in [-0.1, -0.05) is 64.8 Å². The zero-order valence-corrected chi connectivity index (χ0v) is 14.6. The minimum atomic E-state index is 0.371. The van der Waals surface area contributed by atoms with E-state index in [4.69, 9.17) is 0 Å². The van der Waals surface area contributed by atoms with Crippen molar-refractivity contribution in [2.45, 2.75) is 80.1 Å². The van der Waals surface area contributed by atoms with Crippen LogP contribution < -0.4 is 0 Å². The Morgan fingerprint density at radius 3 is 1.35 bits per heavy atom. The highest BCUT2D eigenvalue weighted by Gasteiger charge is 2.32. The van der Waals surface area contributed by atoms with Crippen molar-refractivity contribution < 1.29 is 0 Å². The maximum absolute atomic E-state index is 2.53. The van der Waals surface area contributed by atoms with E-state index in [0.29, 0.717) is 10.8 Å². The first kappa shape index (κ1) is 15.9. The number of hydrogen-bond donors (Lipinski definition) is 0. The highest BCUT2D eigenvalue weighted by Crippen LogP contribution is 2.45. The summed E-state index contributed by atoms with van der Waals surface area (Å²) in [6, 6.07) is 0. The second kappa shape index (κ2) is 5.70. The SMILES string of the molecule is CC(C)(C)C1=CCCC(C2CCC=C(C(C)(C)C)C2)C1. The summed E-state index contributed by atoms with van der Waals surface area (Å²) in [7, 11) is 0. The molecule has 0 fully saturated rings. The van der Waals surface area contributed by atoms with E-state index in [1.165, 1.54) is 38.5 Å². The summed E-state index contributed by atoms with van der Waals surface area (Å²) >= 11 is 0. The van der Waals surface area contributed by atoms with Crippen LogP contribution in [0.25, 0.3) is 0 Å². The van der Waals surface area contributed by atoms with Crippen LogP contribution in [-0.2, 0) is 0 Å². The molecule has 0 saturated heterocycles. The molecule has 0 radical (unpaired) electrons. The molecule has 114 valence electrons. The van der Waals surface area contributed by atoms with Gasteiger partial charge in [0.15, 0.2) is 0 Å². The predicted molar refractivity (Wildman–Crippen MR) is 89.8 cm³/mol.